The van der Waals surface area contributed by atoms with Gasteiger partial charge in [-0.3, -0.25) is 0 Å². The van der Waals surface area contributed by atoms with Crippen molar-refractivity contribution in [2.75, 3.05) is 0 Å². The molecule has 1 nitrogen and oxygen atoms in total. The molecule has 1 aromatic carbocycles. The highest BCUT2D eigenvalue weighted by molar-refractivity contribution is 14.1. The van der Waals surface area contributed by atoms with Crippen LogP contribution in [0.2, 0.25) is 5.02 Å². The van der Waals surface area contributed by atoms with Crippen LogP contribution in [0.3, 0.4) is 0 Å². The third kappa shape index (κ3) is 2.66. The van der Waals surface area contributed by atoms with Crippen LogP contribution >= 0.6 is 34.2 Å². The van der Waals surface area contributed by atoms with Crippen LogP contribution in [0.5, 0.6) is 0 Å². The van der Waals surface area contributed by atoms with Crippen molar-refractivity contribution in [3.63, 3.8) is 0 Å². The predicted molar refractivity (Wildman–Crippen MR) is 71.1 cm³/mol. The minimum Gasteiger partial charge on any atom is -0.388 e. The van der Waals surface area contributed by atoms with Gasteiger partial charge >= 0.3 is 0 Å². The highest BCUT2D eigenvalue weighted by atomic mass is 127. The van der Waals surface area contributed by atoms with Gasteiger partial charge in [-0.1, -0.05) is 30.5 Å². The van der Waals surface area contributed by atoms with E-state index in [4.69, 9.17) is 11.6 Å². The fourth-order valence-corrected chi connectivity index (χ4v) is 2.77. The Balaban J connectivity index is 2.17. The Bertz CT molecular complexity index is 347. The number of rotatable bonds is 2. The molecule has 1 fully saturated rings. The van der Waals surface area contributed by atoms with E-state index in [0.29, 0.717) is 5.92 Å². The second-order valence-corrected chi connectivity index (χ2v) is 5.73. The molecule has 0 radical (unpaired) electrons. The monoisotopic (exact) mass is 336 g/mol. The van der Waals surface area contributed by atoms with Gasteiger partial charge in [0.15, 0.2) is 0 Å². The Morgan fingerprint density at radius 3 is 2.60 bits per heavy atom. The summed E-state index contributed by atoms with van der Waals surface area (Å²) in [4.78, 5) is 0. The van der Waals surface area contributed by atoms with E-state index in [1.165, 1.54) is 12.8 Å². The zero-order valence-electron chi connectivity index (χ0n) is 8.42. The van der Waals surface area contributed by atoms with Gasteiger partial charge in [0.2, 0.25) is 0 Å². The Kier molecular flexibility index (Phi) is 3.91. The molecule has 3 heteroatoms. The second-order valence-electron chi connectivity index (χ2n) is 4.16. The smallest absolute Gasteiger partial charge is 0.0818 e. The van der Waals surface area contributed by atoms with E-state index in [0.717, 1.165) is 27.0 Å². The summed E-state index contributed by atoms with van der Waals surface area (Å²) in [5.41, 5.74) is 0.965. The first-order chi connectivity index (χ1) is 7.18. The van der Waals surface area contributed by atoms with E-state index < -0.39 is 0 Å². The number of hydrogen-bond acceptors (Lipinski definition) is 1. The van der Waals surface area contributed by atoms with E-state index in [-0.39, 0.29) is 6.10 Å². The quantitative estimate of drug-likeness (QED) is 0.804. The van der Waals surface area contributed by atoms with E-state index in [2.05, 4.69) is 22.6 Å². The highest BCUT2D eigenvalue weighted by Crippen LogP contribution is 2.36. The lowest BCUT2D eigenvalue weighted by atomic mass is 9.94. The molecule has 1 saturated carbocycles. The third-order valence-electron chi connectivity index (χ3n) is 3.13. The lowest BCUT2D eigenvalue weighted by Gasteiger charge is -2.18. The van der Waals surface area contributed by atoms with Crippen LogP contribution in [0.1, 0.15) is 37.4 Å². The summed E-state index contributed by atoms with van der Waals surface area (Å²) < 4.78 is 1.04. The molecule has 82 valence electrons. The van der Waals surface area contributed by atoms with Crippen molar-refractivity contribution in [1.82, 2.24) is 0 Å². The van der Waals surface area contributed by atoms with Crippen molar-refractivity contribution in [3.8, 4) is 0 Å². The molecule has 1 N–H and O–H groups in total. The lowest BCUT2D eigenvalue weighted by Crippen LogP contribution is -2.08. The number of hydrogen-bond donors (Lipinski definition) is 1. The Morgan fingerprint density at radius 1 is 1.33 bits per heavy atom. The molecule has 1 aliphatic carbocycles. The predicted octanol–water partition coefficient (Wildman–Crippen LogP) is 4.17. The molecule has 0 bridgehead atoms. The molecule has 0 aliphatic heterocycles. The minimum atomic E-state index is -0.331. The van der Waals surface area contributed by atoms with Crippen LogP contribution in [0.25, 0.3) is 0 Å². The highest BCUT2D eigenvalue weighted by Gasteiger charge is 2.24. The fraction of sp³-hybridized carbons (Fsp3) is 0.500. The van der Waals surface area contributed by atoms with Gasteiger partial charge in [-0.05, 0) is 59.0 Å². The van der Waals surface area contributed by atoms with Crippen LogP contribution in [0.4, 0.5) is 0 Å². The first-order valence-corrected chi connectivity index (χ1v) is 6.77. The van der Waals surface area contributed by atoms with Gasteiger partial charge in [-0.15, -0.1) is 0 Å². The molecule has 1 atom stereocenters. The van der Waals surface area contributed by atoms with Crippen LogP contribution in [0, 0.1) is 9.49 Å². The zero-order chi connectivity index (χ0) is 10.8. The van der Waals surface area contributed by atoms with Crippen molar-refractivity contribution in [2.45, 2.75) is 31.8 Å². The van der Waals surface area contributed by atoms with E-state index in [1.807, 2.05) is 18.2 Å². The molecule has 15 heavy (non-hydrogen) atoms. The molecule has 1 aromatic rings. The van der Waals surface area contributed by atoms with Crippen molar-refractivity contribution < 1.29 is 5.11 Å². The van der Waals surface area contributed by atoms with Gasteiger partial charge in [-0.2, -0.15) is 0 Å². The number of aliphatic hydroxyl groups is 1. The van der Waals surface area contributed by atoms with Crippen molar-refractivity contribution in [1.29, 1.82) is 0 Å². The number of benzene rings is 1. The molecule has 1 unspecified atom stereocenters. The number of halogens is 2. The maximum absolute atomic E-state index is 10.2. The topological polar surface area (TPSA) is 20.2 Å². The van der Waals surface area contributed by atoms with Crippen LogP contribution in [0.15, 0.2) is 18.2 Å². The van der Waals surface area contributed by atoms with E-state index in [1.54, 1.807) is 0 Å². The summed E-state index contributed by atoms with van der Waals surface area (Å²) in [6.07, 6.45) is 4.46. The molecular formula is C12H14ClIO. The first-order valence-electron chi connectivity index (χ1n) is 5.31. The standard InChI is InChI=1S/C12H14ClIO/c13-10-7-9(5-6-11(10)14)12(15)8-3-1-2-4-8/h5-8,12,15H,1-4H2. The maximum Gasteiger partial charge on any atom is 0.0818 e. The Labute approximate surface area is 109 Å². The third-order valence-corrected chi connectivity index (χ3v) is 4.70. The largest absolute Gasteiger partial charge is 0.388 e. The average Bonchev–Trinajstić information content (AvgIpc) is 2.74. The summed E-state index contributed by atoms with van der Waals surface area (Å²) >= 11 is 8.25. The molecule has 0 spiro atoms. The molecule has 1 aliphatic rings. The minimum absolute atomic E-state index is 0.331. The van der Waals surface area contributed by atoms with Crippen LogP contribution in [-0.4, -0.2) is 5.11 Å². The summed E-state index contributed by atoms with van der Waals surface area (Å²) in [6, 6.07) is 5.85. The van der Waals surface area contributed by atoms with Crippen LogP contribution in [-0.2, 0) is 0 Å². The van der Waals surface area contributed by atoms with Gasteiger partial charge in [0.1, 0.15) is 0 Å². The molecule has 0 heterocycles. The van der Waals surface area contributed by atoms with E-state index in [9.17, 15) is 5.11 Å². The molecule has 0 amide bonds. The molecule has 0 saturated heterocycles. The molecule has 0 aromatic heterocycles. The summed E-state index contributed by atoms with van der Waals surface area (Å²) in [7, 11) is 0. The zero-order valence-corrected chi connectivity index (χ0v) is 11.3. The fourth-order valence-electron chi connectivity index (χ4n) is 2.24. The Hall–Kier alpha value is 0.200. The summed E-state index contributed by atoms with van der Waals surface area (Å²) in [5, 5.41) is 10.9. The van der Waals surface area contributed by atoms with Gasteiger partial charge in [-0.25, -0.2) is 0 Å². The molecule has 2 rings (SSSR count). The van der Waals surface area contributed by atoms with Gasteiger partial charge < -0.3 is 5.11 Å². The van der Waals surface area contributed by atoms with Crippen LogP contribution < -0.4 is 0 Å². The van der Waals surface area contributed by atoms with Crippen molar-refractivity contribution >= 4 is 34.2 Å². The molecular weight excluding hydrogens is 322 g/mol. The lowest BCUT2D eigenvalue weighted by molar-refractivity contribution is 0.111. The summed E-state index contributed by atoms with van der Waals surface area (Å²) in [5.74, 6) is 0.432. The first kappa shape index (κ1) is 11.7. The van der Waals surface area contributed by atoms with Gasteiger partial charge in [0, 0.05) is 3.57 Å². The Morgan fingerprint density at radius 2 is 2.00 bits per heavy atom. The SMILES string of the molecule is OC(c1ccc(I)c(Cl)c1)C1CCCC1. The average molecular weight is 337 g/mol. The van der Waals surface area contributed by atoms with Gasteiger partial charge in [0.25, 0.3) is 0 Å². The normalized spacial score (nSPS) is 19.4. The van der Waals surface area contributed by atoms with E-state index >= 15 is 0 Å². The van der Waals surface area contributed by atoms with Gasteiger partial charge in [0.05, 0.1) is 11.1 Å². The van der Waals surface area contributed by atoms with Crippen molar-refractivity contribution in [3.05, 3.63) is 32.4 Å². The summed E-state index contributed by atoms with van der Waals surface area (Å²) in [6.45, 7) is 0. The van der Waals surface area contributed by atoms with Crippen molar-refractivity contribution in [2.24, 2.45) is 5.92 Å². The number of aliphatic hydroxyl groups excluding tert-OH is 1. The maximum atomic E-state index is 10.2. The second kappa shape index (κ2) is 5.02.